The van der Waals surface area contributed by atoms with Gasteiger partial charge in [0.1, 0.15) is 5.75 Å². The van der Waals surface area contributed by atoms with Crippen LogP contribution in [-0.4, -0.2) is 12.6 Å². The molecule has 0 amide bonds. The first-order valence-electron chi connectivity index (χ1n) is 7.05. The Balaban J connectivity index is 2.42. The number of aryl methyl sites for hydroxylation is 1. The first-order chi connectivity index (χ1) is 10.1. The maximum absolute atomic E-state index is 12.4. The number of carbonyl (C=O) groups is 1. The van der Waals surface area contributed by atoms with Gasteiger partial charge in [0.05, 0.1) is 6.61 Å². The van der Waals surface area contributed by atoms with Crippen LogP contribution in [0.3, 0.4) is 0 Å². The van der Waals surface area contributed by atoms with Crippen molar-refractivity contribution in [3.05, 3.63) is 65.7 Å². The SMILES string of the molecule is CCOC(=O)[C@](C)(Oc1ccccc1C)c1ccccc1. The number of benzene rings is 2. The molecule has 1 atom stereocenters. The van der Waals surface area contributed by atoms with E-state index in [0.29, 0.717) is 12.4 Å². The monoisotopic (exact) mass is 284 g/mol. The fourth-order valence-electron chi connectivity index (χ4n) is 2.13. The second-order valence-electron chi connectivity index (χ2n) is 4.99. The zero-order valence-corrected chi connectivity index (χ0v) is 12.6. The molecule has 0 aliphatic heterocycles. The van der Waals surface area contributed by atoms with E-state index in [1.165, 1.54) is 0 Å². The second kappa shape index (κ2) is 6.44. The lowest BCUT2D eigenvalue weighted by Gasteiger charge is -2.29. The Labute approximate surface area is 125 Å². The Hall–Kier alpha value is -2.29. The minimum atomic E-state index is -1.16. The normalized spacial score (nSPS) is 13.3. The molecule has 0 bridgehead atoms. The minimum absolute atomic E-state index is 0.318. The molecule has 0 heterocycles. The summed E-state index contributed by atoms with van der Waals surface area (Å²) in [5.74, 6) is 0.288. The quantitative estimate of drug-likeness (QED) is 0.782. The Morgan fingerprint density at radius 1 is 1.05 bits per heavy atom. The fourth-order valence-corrected chi connectivity index (χ4v) is 2.13. The maximum atomic E-state index is 12.4. The van der Waals surface area contributed by atoms with Crippen molar-refractivity contribution in [3.8, 4) is 5.75 Å². The summed E-state index contributed by atoms with van der Waals surface area (Å²) >= 11 is 0. The van der Waals surface area contributed by atoms with E-state index in [9.17, 15) is 4.79 Å². The van der Waals surface area contributed by atoms with Crippen LogP contribution in [0.5, 0.6) is 5.75 Å². The van der Waals surface area contributed by atoms with Crippen LogP contribution in [-0.2, 0) is 15.1 Å². The van der Waals surface area contributed by atoms with Crippen molar-refractivity contribution in [3.63, 3.8) is 0 Å². The lowest BCUT2D eigenvalue weighted by atomic mass is 9.95. The number of hydrogen-bond acceptors (Lipinski definition) is 3. The second-order valence-corrected chi connectivity index (χ2v) is 4.99. The molecule has 0 saturated carbocycles. The highest BCUT2D eigenvalue weighted by Gasteiger charge is 2.39. The van der Waals surface area contributed by atoms with E-state index in [1.807, 2.05) is 61.5 Å². The molecule has 2 rings (SSSR count). The van der Waals surface area contributed by atoms with Gasteiger partial charge >= 0.3 is 5.97 Å². The Morgan fingerprint density at radius 2 is 1.67 bits per heavy atom. The third-order valence-electron chi connectivity index (χ3n) is 3.40. The number of rotatable bonds is 5. The van der Waals surface area contributed by atoms with Crippen molar-refractivity contribution in [2.24, 2.45) is 0 Å². The lowest BCUT2D eigenvalue weighted by Crippen LogP contribution is -2.40. The van der Waals surface area contributed by atoms with E-state index >= 15 is 0 Å². The molecule has 0 radical (unpaired) electrons. The van der Waals surface area contributed by atoms with Gasteiger partial charge < -0.3 is 9.47 Å². The number of para-hydroxylation sites is 1. The topological polar surface area (TPSA) is 35.5 Å². The molecule has 0 spiro atoms. The summed E-state index contributed by atoms with van der Waals surface area (Å²) in [4.78, 5) is 12.4. The zero-order valence-electron chi connectivity index (χ0n) is 12.6. The molecule has 0 saturated heterocycles. The average molecular weight is 284 g/mol. The highest BCUT2D eigenvalue weighted by molar-refractivity contribution is 5.81. The minimum Gasteiger partial charge on any atom is -0.471 e. The fraction of sp³-hybridized carbons (Fsp3) is 0.278. The van der Waals surface area contributed by atoms with E-state index in [1.54, 1.807) is 13.8 Å². The molecule has 0 unspecified atom stereocenters. The number of esters is 1. The lowest BCUT2D eigenvalue weighted by molar-refractivity contribution is -0.161. The summed E-state index contributed by atoms with van der Waals surface area (Å²) in [6.07, 6.45) is 0. The van der Waals surface area contributed by atoms with Crippen molar-refractivity contribution in [2.45, 2.75) is 26.4 Å². The van der Waals surface area contributed by atoms with Gasteiger partial charge in [-0.25, -0.2) is 4.79 Å². The Morgan fingerprint density at radius 3 is 2.29 bits per heavy atom. The largest absolute Gasteiger partial charge is 0.471 e. The maximum Gasteiger partial charge on any atom is 0.354 e. The molecule has 0 aliphatic rings. The Bertz CT molecular complexity index is 607. The molecule has 2 aromatic carbocycles. The van der Waals surface area contributed by atoms with Crippen LogP contribution in [0.25, 0.3) is 0 Å². The van der Waals surface area contributed by atoms with Crippen LogP contribution < -0.4 is 4.74 Å². The molecule has 110 valence electrons. The number of hydrogen-bond donors (Lipinski definition) is 0. The van der Waals surface area contributed by atoms with Crippen LogP contribution in [0.4, 0.5) is 0 Å². The molecule has 0 fully saturated rings. The van der Waals surface area contributed by atoms with Gasteiger partial charge in [0.25, 0.3) is 0 Å². The van der Waals surface area contributed by atoms with Gasteiger partial charge in [-0.3, -0.25) is 0 Å². The summed E-state index contributed by atoms with van der Waals surface area (Å²) in [7, 11) is 0. The van der Waals surface area contributed by atoms with Crippen LogP contribution in [0, 0.1) is 6.92 Å². The van der Waals surface area contributed by atoms with Gasteiger partial charge in [0, 0.05) is 5.56 Å². The summed E-state index contributed by atoms with van der Waals surface area (Å²) in [5.41, 5.74) is 0.583. The molecular formula is C18H20O3. The van der Waals surface area contributed by atoms with Crippen LogP contribution in [0.15, 0.2) is 54.6 Å². The van der Waals surface area contributed by atoms with Crippen molar-refractivity contribution >= 4 is 5.97 Å². The van der Waals surface area contributed by atoms with Crippen molar-refractivity contribution < 1.29 is 14.3 Å². The first-order valence-corrected chi connectivity index (χ1v) is 7.05. The summed E-state index contributed by atoms with van der Waals surface area (Å²) in [5, 5.41) is 0. The standard InChI is InChI=1S/C18H20O3/c1-4-20-17(19)18(3,15-11-6-5-7-12-15)21-16-13-9-8-10-14(16)2/h5-13H,4H2,1-3H3/t18-/m1/s1. The van der Waals surface area contributed by atoms with E-state index in [0.717, 1.165) is 11.1 Å². The van der Waals surface area contributed by atoms with E-state index in [4.69, 9.17) is 9.47 Å². The molecule has 3 heteroatoms. The van der Waals surface area contributed by atoms with Crippen molar-refractivity contribution in [2.75, 3.05) is 6.61 Å². The van der Waals surface area contributed by atoms with Crippen molar-refractivity contribution in [1.29, 1.82) is 0 Å². The molecule has 3 nitrogen and oxygen atoms in total. The van der Waals surface area contributed by atoms with Crippen LogP contribution in [0.1, 0.15) is 25.0 Å². The molecule has 2 aromatic rings. The molecule has 0 N–H and O–H groups in total. The van der Waals surface area contributed by atoms with Gasteiger partial charge in [-0.1, -0.05) is 48.5 Å². The summed E-state index contributed by atoms with van der Waals surface area (Å²) in [6.45, 7) is 5.80. The number of ether oxygens (including phenoxy) is 2. The number of carbonyl (C=O) groups excluding carboxylic acids is 1. The van der Waals surface area contributed by atoms with Gasteiger partial charge in [-0.15, -0.1) is 0 Å². The average Bonchev–Trinajstić information content (AvgIpc) is 2.50. The molecule has 0 aromatic heterocycles. The zero-order chi connectivity index (χ0) is 15.3. The predicted octanol–water partition coefficient (Wildman–Crippen LogP) is 3.85. The summed E-state index contributed by atoms with van der Waals surface area (Å²) < 4.78 is 11.3. The highest BCUT2D eigenvalue weighted by atomic mass is 16.6. The summed E-state index contributed by atoms with van der Waals surface area (Å²) in [6, 6.07) is 17.0. The van der Waals surface area contributed by atoms with Crippen molar-refractivity contribution in [1.82, 2.24) is 0 Å². The Kier molecular flexibility index (Phi) is 4.63. The molecular weight excluding hydrogens is 264 g/mol. The van der Waals surface area contributed by atoms with Gasteiger partial charge in [-0.05, 0) is 32.4 Å². The molecule has 0 aliphatic carbocycles. The molecule has 21 heavy (non-hydrogen) atoms. The van der Waals surface area contributed by atoms with Gasteiger partial charge in [0.15, 0.2) is 0 Å². The van der Waals surface area contributed by atoms with Gasteiger partial charge in [-0.2, -0.15) is 0 Å². The van der Waals surface area contributed by atoms with Gasteiger partial charge in [0.2, 0.25) is 5.60 Å². The smallest absolute Gasteiger partial charge is 0.354 e. The van der Waals surface area contributed by atoms with E-state index in [2.05, 4.69) is 0 Å². The first kappa shape index (κ1) is 15.1. The van der Waals surface area contributed by atoms with E-state index < -0.39 is 5.60 Å². The third kappa shape index (κ3) is 3.24. The predicted molar refractivity (Wildman–Crippen MR) is 82.2 cm³/mol. The van der Waals surface area contributed by atoms with Crippen LogP contribution in [0.2, 0.25) is 0 Å². The van der Waals surface area contributed by atoms with E-state index in [-0.39, 0.29) is 5.97 Å². The third-order valence-corrected chi connectivity index (χ3v) is 3.40. The van der Waals surface area contributed by atoms with Crippen LogP contribution >= 0.6 is 0 Å². The highest BCUT2D eigenvalue weighted by Crippen LogP contribution is 2.31.